The van der Waals surface area contributed by atoms with E-state index in [-0.39, 0.29) is 0 Å². The van der Waals surface area contributed by atoms with E-state index in [1.54, 1.807) is 0 Å². The molecule has 1 unspecified atom stereocenters. The molecule has 0 aliphatic carbocycles. The number of hydrogen-bond donors (Lipinski definition) is 1. The molecule has 1 atom stereocenters. The lowest BCUT2D eigenvalue weighted by molar-refractivity contribution is 0.231. The fourth-order valence-corrected chi connectivity index (χ4v) is 1.44. The van der Waals surface area contributed by atoms with Crippen LogP contribution in [0.5, 0.6) is 0 Å². The fraction of sp³-hybridized carbons (Fsp3) is 1.00. The summed E-state index contributed by atoms with van der Waals surface area (Å²) in [5.41, 5.74) is 5.69. The van der Waals surface area contributed by atoms with Gasteiger partial charge in [-0.25, -0.2) is 0 Å². The molecule has 2 N–H and O–H groups in total. The number of hydrogen-bond acceptors (Lipinski definition) is 2. The number of nitrogens with two attached hydrogens (primary N) is 1. The molecule has 0 aromatic carbocycles. The van der Waals surface area contributed by atoms with Crippen LogP contribution in [0.25, 0.3) is 0 Å². The van der Waals surface area contributed by atoms with Gasteiger partial charge in [0.25, 0.3) is 0 Å². The predicted molar refractivity (Wildman–Crippen MR) is 55.3 cm³/mol. The van der Waals surface area contributed by atoms with E-state index in [4.69, 9.17) is 5.73 Å². The molecule has 12 heavy (non-hydrogen) atoms. The van der Waals surface area contributed by atoms with Crippen LogP contribution >= 0.6 is 0 Å². The van der Waals surface area contributed by atoms with E-state index >= 15 is 0 Å². The fourth-order valence-electron chi connectivity index (χ4n) is 1.44. The standard InChI is InChI=1S/C10H24N2/c1-4-6-8-12(3)10(9-11)7-5-2/h10H,4-9,11H2,1-3H3. The number of nitrogens with zero attached hydrogens (tertiary/aromatic N) is 1. The summed E-state index contributed by atoms with van der Waals surface area (Å²) >= 11 is 0. The van der Waals surface area contributed by atoms with E-state index in [0.717, 1.165) is 6.54 Å². The molecule has 0 spiro atoms. The van der Waals surface area contributed by atoms with E-state index in [0.29, 0.717) is 6.04 Å². The van der Waals surface area contributed by atoms with Crippen molar-refractivity contribution in [3.8, 4) is 0 Å². The van der Waals surface area contributed by atoms with Crippen LogP contribution in [0.1, 0.15) is 39.5 Å². The average Bonchev–Trinajstić information content (AvgIpc) is 2.10. The Morgan fingerprint density at radius 3 is 2.33 bits per heavy atom. The maximum absolute atomic E-state index is 5.69. The van der Waals surface area contributed by atoms with E-state index < -0.39 is 0 Å². The molecular weight excluding hydrogens is 148 g/mol. The summed E-state index contributed by atoms with van der Waals surface area (Å²) in [6, 6.07) is 0.599. The van der Waals surface area contributed by atoms with Gasteiger partial charge in [0.1, 0.15) is 0 Å². The van der Waals surface area contributed by atoms with Crippen LogP contribution in [0.2, 0.25) is 0 Å². The second-order valence-corrected chi connectivity index (χ2v) is 3.51. The zero-order valence-corrected chi connectivity index (χ0v) is 8.84. The van der Waals surface area contributed by atoms with Crippen LogP contribution in [0.3, 0.4) is 0 Å². The maximum Gasteiger partial charge on any atom is 0.0215 e. The SMILES string of the molecule is CCCCN(C)C(CN)CCC. The van der Waals surface area contributed by atoms with Gasteiger partial charge in [-0.2, -0.15) is 0 Å². The molecule has 0 fully saturated rings. The Morgan fingerprint density at radius 1 is 1.25 bits per heavy atom. The zero-order valence-electron chi connectivity index (χ0n) is 8.84. The molecule has 0 aliphatic rings. The third-order valence-corrected chi connectivity index (χ3v) is 2.38. The van der Waals surface area contributed by atoms with Gasteiger partial charge < -0.3 is 10.6 Å². The second kappa shape index (κ2) is 7.56. The first kappa shape index (κ1) is 11.9. The molecule has 0 saturated carbocycles. The van der Waals surface area contributed by atoms with Crippen molar-refractivity contribution in [1.29, 1.82) is 0 Å². The lowest BCUT2D eigenvalue weighted by Gasteiger charge is -2.26. The van der Waals surface area contributed by atoms with Gasteiger partial charge in [0, 0.05) is 12.6 Å². The van der Waals surface area contributed by atoms with Crippen LogP contribution in [-0.2, 0) is 0 Å². The molecule has 2 nitrogen and oxygen atoms in total. The number of likely N-dealkylation sites (N-methyl/N-ethyl adjacent to an activating group) is 1. The van der Waals surface area contributed by atoms with E-state index in [1.807, 2.05) is 0 Å². The predicted octanol–water partition coefficient (Wildman–Crippen LogP) is 1.85. The van der Waals surface area contributed by atoms with Gasteiger partial charge in [-0.3, -0.25) is 0 Å². The van der Waals surface area contributed by atoms with Crippen molar-refractivity contribution in [1.82, 2.24) is 4.90 Å². The Labute approximate surface area is 77.1 Å². The molecule has 0 bridgehead atoms. The topological polar surface area (TPSA) is 29.3 Å². The first-order chi connectivity index (χ1) is 5.76. The highest BCUT2D eigenvalue weighted by Crippen LogP contribution is 2.04. The quantitative estimate of drug-likeness (QED) is 0.635. The molecule has 0 radical (unpaired) electrons. The van der Waals surface area contributed by atoms with E-state index in [9.17, 15) is 0 Å². The number of rotatable bonds is 7. The molecule has 0 heterocycles. The Hall–Kier alpha value is -0.0800. The third-order valence-electron chi connectivity index (χ3n) is 2.38. The summed E-state index contributed by atoms with van der Waals surface area (Å²) in [7, 11) is 2.18. The van der Waals surface area contributed by atoms with Crippen molar-refractivity contribution in [2.24, 2.45) is 5.73 Å². The van der Waals surface area contributed by atoms with Crippen LogP contribution in [0, 0.1) is 0 Å². The minimum Gasteiger partial charge on any atom is -0.329 e. The first-order valence-corrected chi connectivity index (χ1v) is 5.16. The van der Waals surface area contributed by atoms with E-state index in [1.165, 1.54) is 32.2 Å². The number of unbranched alkanes of at least 4 members (excludes halogenated alkanes) is 1. The summed E-state index contributed by atoms with van der Waals surface area (Å²) < 4.78 is 0. The van der Waals surface area contributed by atoms with E-state index in [2.05, 4.69) is 25.8 Å². The van der Waals surface area contributed by atoms with Crippen LogP contribution in [0.4, 0.5) is 0 Å². The van der Waals surface area contributed by atoms with Crippen LogP contribution in [-0.4, -0.2) is 31.1 Å². The van der Waals surface area contributed by atoms with Gasteiger partial charge in [-0.05, 0) is 26.4 Å². The highest BCUT2D eigenvalue weighted by Gasteiger charge is 2.10. The lowest BCUT2D eigenvalue weighted by Crippen LogP contribution is -2.38. The molecule has 74 valence electrons. The Morgan fingerprint density at radius 2 is 1.92 bits per heavy atom. The largest absolute Gasteiger partial charge is 0.329 e. The molecule has 0 saturated heterocycles. The lowest BCUT2D eigenvalue weighted by atomic mass is 10.1. The summed E-state index contributed by atoms with van der Waals surface area (Å²) in [6.45, 7) is 6.44. The second-order valence-electron chi connectivity index (χ2n) is 3.51. The molecule has 0 amide bonds. The van der Waals surface area contributed by atoms with Gasteiger partial charge in [-0.15, -0.1) is 0 Å². The van der Waals surface area contributed by atoms with Gasteiger partial charge in [0.15, 0.2) is 0 Å². The summed E-state index contributed by atoms with van der Waals surface area (Å²) in [6.07, 6.45) is 5.03. The molecule has 0 aliphatic heterocycles. The smallest absolute Gasteiger partial charge is 0.0215 e. The van der Waals surface area contributed by atoms with Crippen molar-refractivity contribution in [2.75, 3.05) is 20.1 Å². The first-order valence-electron chi connectivity index (χ1n) is 5.16. The Kier molecular flexibility index (Phi) is 7.51. The average molecular weight is 172 g/mol. The summed E-state index contributed by atoms with van der Waals surface area (Å²) in [5.74, 6) is 0. The van der Waals surface area contributed by atoms with Crippen LogP contribution in [0.15, 0.2) is 0 Å². The summed E-state index contributed by atoms with van der Waals surface area (Å²) in [4.78, 5) is 2.40. The normalized spacial score (nSPS) is 13.8. The Bertz CT molecular complexity index is 93.8. The summed E-state index contributed by atoms with van der Waals surface area (Å²) in [5, 5.41) is 0. The van der Waals surface area contributed by atoms with Crippen molar-refractivity contribution in [3.63, 3.8) is 0 Å². The van der Waals surface area contributed by atoms with Crippen molar-refractivity contribution >= 4 is 0 Å². The minimum absolute atomic E-state index is 0.599. The van der Waals surface area contributed by atoms with Crippen molar-refractivity contribution in [3.05, 3.63) is 0 Å². The van der Waals surface area contributed by atoms with Crippen LogP contribution < -0.4 is 5.73 Å². The molecule has 2 heteroatoms. The van der Waals surface area contributed by atoms with Gasteiger partial charge in [0.2, 0.25) is 0 Å². The van der Waals surface area contributed by atoms with Gasteiger partial charge >= 0.3 is 0 Å². The van der Waals surface area contributed by atoms with Gasteiger partial charge in [0.05, 0.1) is 0 Å². The van der Waals surface area contributed by atoms with Crippen molar-refractivity contribution in [2.45, 2.75) is 45.6 Å². The molecule has 0 aromatic heterocycles. The molecule has 0 rings (SSSR count). The molecule has 0 aromatic rings. The van der Waals surface area contributed by atoms with Gasteiger partial charge in [-0.1, -0.05) is 26.7 Å². The Balaban J connectivity index is 3.60. The zero-order chi connectivity index (χ0) is 9.40. The minimum atomic E-state index is 0.599. The monoisotopic (exact) mass is 172 g/mol. The van der Waals surface area contributed by atoms with Crippen molar-refractivity contribution < 1.29 is 0 Å². The maximum atomic E-state index is 5.69. The molecular formula is C10H24N2. The highest BCUT2D eigenvalue weighted by atomic mass is 15.1. The third kappa shape index (κ3) is 4.73. The highest BCUT2D eigenvalue weighted by molar-refractivity contribution is 4.68.